The van der Waals surface area contributed by atoms with Gasteiger partial charge in [-0.05, 0) is 0 Å². The molecule has 0 unspecified atom stereocenters. The number of halogens is 3. The Balaban J connectivity index is 2.31. The van der Waals surface area contributed by atoms with Crippen LogP contribution in [0.15, 0.2) is 0 Å². The summed E-state index contributed by atoms with van der Waals surface area (Å²) in [5.41, 5.74) is 0. The Labute approximate surface area is 91.9 Å². The summed E-state index contributed by atoms with van der Waals surface area (Å²) in [4.78, 5) is 14.2. The lowest BCUT2D eigenvalue weighted by molar-refractivity contribution is -0.152. The van der Waals surface area contributed by atoms with Gasteiger partial charge in [-0.2, -0.15) is 13.2 Å². The second kappa shape index (κ2) is 5.49. The summed E-state index contributed by atoms with van der Waals surface area (Å²) in [6.07, 6.45) is -4.17. The first-order valence-electron chi connectivity index (χ1n) is 4.98. The second-order valence-corrected chi connectivity index (χ2v) is 3.71. The molecule has 1 heterocycles. The van der Waals surface area contributed by atoms with E-state index in [0.29, 0.717) is 13.1 Å². The van der Waals surface area contributed by atoms with Crippen LogP contribution in [-0.2, 0) is 9.53 Å². The third kappa shape index (κ3) is 4.36. The number of carbonyl (C=O) groups excluding carboxylic acids is 1. The molecule has 16 heavy (non-hydrogen) atoms. The average Bonchev–Trinajstić information content (AvgIpc) is 2.16. The molecule has 1 fully saturated rings. The van der Waals surface area contributed by atoms with Crippen molar-refractivity contribution in [2.45, 2.75) is 6.18 Å². The van der Waals surface area contributed by atoms with E-state index in [1.165, 1.54) is 16.9 Å². The number of ether oxygens (including phenoxy) is 1. The van der Waals surface area contributed by atoms with Crippen LogP contribution in [0, 0.1) is 0 Å². The monoisotopic (exact) mass is 240 g/mol. The molecule has 0 aromatic heterocycles. The van der Waals surface area contributed by atoms with Gasteiger partial charge in [0.2, 0.25) is 5.91 Å². The maximum atomic E-state index is 12.1. The van der Waals surface area contributed by atoms with Crippen LogP contribution in [0.25, 0.3) is 0 Å². The van der Waals surface area contributed by atoms with Crippen molar-refractivity contribution in [1.29, 1.82) is 0 Å². The standard InChI is InChI=1S/C9H15F3N2O2/c1-16-6-8(15)14-4-2-13(3-5-14)7-9(10,11)12/h2-7H2,1H3. The van der Waals surface area contributed by atoms with Crippen LogP contribution in [0.5, 0.6) is 0 Å². The highest BCUT2D eigenvalue weighted by molar-refractivity contribution is 5.77. The van der Waals surface area contributed by atoms with Crippen LogP contribution in [0.2, 0.25) is 0 Å². The molecule has 7 heteroatoms. The predicted octanol–water partition coefficient (Wildman–Crippen LogP) is 0.339. The summed E-state index contributed by atoms with van der Waals surface area (Å²) in [6.45, 7) is 0.263. The molecule has 0 N–H and O–H groups in total. The van der Waals surface area contributed by atoms with Gasteiger partial charge in [-0.1, -0.05) is 0 Å². The number of alkyl halides is 3. The maximum absolute atomic E-state index is 12.1. The molecule has 1 rings (SSSR count). The first kappa shape index (κ1) is 13.2. The average molecular weight is 240 g/mol. The third-order valence-corrected chi connectivity index (χ3v) is 2.40. The van der Waals surface area contributed by atoms with Gasteiger partial charge in [-0.25, -0.2) is 0 Å². The lowest BCUT2D eigenvalue weighted by Gasteiger charge is -2.34. The number of amides is 1. The van der Waals surface area contributed by atoms with Crippen molar-refractivity contribution >= 4 is 5.91 Å². The zero-order chi connectivity index (χ0) is 12.2. The van der Waals surface area contributed by atoms with Crippen molar-refractivity contribution in [1.82, 2.24) is 9.80 Å². The van der Waals surface area contributed by atoms with Gasteiger partial charge in [0.1, 0.15) is 6.61 Å². The fourth-order valence-corrected chi connectivity index (χ4v) is 1.62. The van der Waals surface area contributed by atoms with E-state index in [1.807, 2.05) is 0 Å². The third-order valence-electron chi connectivity index (χ3n) is 2.40. The number of methoxy groups -OCH3 is 1. The highest BCUT2D eigenvalue weighted by Crippen LogP contribution is 2.17. The number of carbonyl (C=O) groups is 1. The summed E-state index contributed by atoms with van der Waals surface area (Å²) < 4.78 is 40.9. The predicted molar refractivity (Wildman–Crippen MR) is 51.0 cm³/mol. The Kier molecular flexibility index (Phi) is 4.55. The Morgan fingerprint density at radius 2 is 1.81 bits per heavy atom. The Bertz CT molecular complexity index is 237. The van der Waals surface area contributed by atoms with Gasteiger partial charge < -0.3 is 9.64 Å². The molecule has 1 saturated heterocycles. The second-order valence-electron chi connectivity index (χ2n) is 3.71. The smallest absolute Gasteiger partial charge is 0.375 e. The molecule has 1 aliphatic heterocycles. The summed E-state index contributed by atoms with van der Waals surface area (Å²) in [5.74, 6) is -0.172. The molecule has 1 aliphatic rings. The van der Waals surface area contributed by atoms with E-state index in [9.17, 15) is 18.0 Å². The molecule has 0 aromatic carbocycles. The fourth-order valence-electron chi connectivity index (χ4n) is 1.62. The summed E-state index contributed by atoms with van der Waals surface area (Å²) in [7, 11) is 1.41. The normalized spacial score (nSPS) is 18.9. The van der Waals surface area contributed by atoms with Crippen LogP contribution < -0.4 is 0 Å². The lowest BCUT2D eigenvalue weighted by Crippen LogP contribution is -2.51. The van der Waals surface area contributed by atoms with E-state index >= 15 is 0 Å². The zero-order valence-electron chi connectivity index (χ0n) is 9.09. The van der Waals surface area contributed by atoms with Crippen molar-refractivity contribution in [2.75, 3.05) is 46.4 Å². The molecule has 0 atom stereocenters. The van der Waals surface area contributed by atoms with Crippen molar-refractivity contribution in [2.24, 2.45) is 0 Å². The Hall–Kier alpha value is -0.820. The number of hydrogen-bond donors (Lipinski definition) is 0. The van der Waals surface area contributed by atoms with Crippen molar-refractivity contribution in [3.8, 4) is 0 Å². The van der Waals surface area contributed by atoms with E-state index in [1.54, 1.807) is 0 Å². The molecule has 0 aromatic rings. The maximum Gasteiger partial charge on any atom is 0.401 e. The quantitative estimate of drug-likeness (QED) is 0.713. The number of nitrogens with zero attached hydrogens (tertiary/aromatic N) is 2. The van der Waals surface area contributed by atoms with Crippen LogP contribution >= 0.6 is 0 Å². The van der Waals surface area contributed by atoms with E-state index in [-0.39, 0.29) is 25.6 Å². The molecule has 0 spiro atoms. The first-order chi connectivity index (χ1) is 7.42. The SMILES string of the molecule is COCC(=O)N1CCN(CC(F)(F)F)CC1. The minimum absolute atomic E-state index is 0.0146. The Morgan fingerprint density at radius 3 is 2.25 bits per heavy atom. The number of rotatable bonds is 3. The van der Waals surface area contributed by atoms with Crippen LogP contribution in [-0.4, -0.2) is 68.3 Å². The van der Waals surface area contributed by atoms with Crippen LogP contribution in [0.3, 0.4) is 0 Å². The van der Waals surface area contributed by atoms with E-state index in [4.69, 9.17) is 0 Å². The molecular formula is C9H15F3N2O2. The van der Waals surface area contributed by atoms with E-state index in [2.05, 4.69) is 4.74 Å². The largest absolute Gasteiger partial charge is 0.401 e. The molecule has 1 amide bonds. The minimum Gasteiger partial charge on any atom is -0.375 e. The van der Waals surface area contributed by atoms with Crippen molar-refractivity contribution in [3.63, 3.8) is 0 Å². The van der Waals surface area contributed by atoms with Gasteiger partial charge in [0.25, 0.3) is 0 Å². The molecule has 0 saturated carbocycles. The molecule has 94 valence electrons. The van der Waals surface area contributed by atoms with Crippen molar-refractivity contribution in [3.05, 3.63) is 0 Å². The van der Waals surface area contributed by atoms with Crippen LogP contribution in [0.1, 0.15) is 0 Å². The molecule has 0 aliphatic carbocycles. The molecular weight excluding hydrogens is 225 g/mol. The molecule has 0 bridgehead atoms. The summed E-state index contributed by atoms with van der Waals surface area (Å²) in [5, 5.41) is 0. The number of hydrogen-bond acceptors (Lipinski definition) is 3. The first-order valence-corrected chi connectivity index (χ1v) is 4.98. The van der Waals surface area contributed by atoms with Gasteiger partial charge >= 0.3 is 6.18 Å². The van der Waals surface area contributed by atoms with Crippen molar-refractivity contribution < 1.29 is 22.7 Å². The minimum atomic E-state index is -4.17. The van der Waals surface area contributed by atoms with E-state index in [0.717, 1.165) is 0 Å². The topological polar surface area (TPSA) is 32.8 Å². The summed E-state index contributed by atoms with van der Waals surface area (Å²) >= 11 is 0. The highest BCUT2D eigenvalue weighted by atomic mass is 19.4. The van der Waals surface area contributed by atoms with Gasteiger partial charge in [-0.15, -0.1) is 0 Å². The zero-order valence-corrected chi connectivity index (χ0v) is 9.09. The highest BCUT2D eigenvalue weighted by Gasteiger charge is 2.32. The molecule has 4 nitrogen and oxygen atoms in total. The van der Waals surface area contributed by atoms with Gasteiger partial charge in [0, 0.05) is 33.3 Å². The van der Waals surface area contributed by atoms with Gasteiger partial charge in [-0.3, -0.25) is 9.69 Å². The van der Waals surface area contributed by atoms with Crippen LogP contribution in [0.4, 0.5) is 13.2 Å². The number of piperazine rings is 1. The van der Waals surface area contributed by atoms with E-state index < -0.39 is 12.7 Å². The van der Waals surface area contributed by atoms with Gasteiger partial charge in [0.15, 0.2) is 0 Å². The molecule has 0 radical (unpaired) electrons. The summed E-state index contributed by atoms with van der Waals surface area (Å²) in [6, 6.07) is 0. The lowest BCUT2D eigenvalue weighted by atomic mass is 10.3. The Morgan fingerprint density at radius 1 is 1.25 bits per heavy atom. The fraction of sp³-hybridized carbons (Fsp3) is 0.889. The van der Waals surface area contributed by atoms with Gasteiger partial charge in [0.05, 0.1) is 6.54 Å².